The summed E-state index contributed by atoms with van der Waals surface area (Å²) in [5.74, 6) is 0.982. The van der Waals surface area contributed by atoms with Crippen LogP contribution in [0.5, 0.6) is 5.75 Å². The zero-order chi connectivity index (χ0) is 12.3. The number of hydrogen-bond donors (Lipinski definition) is 0. The fraction of sp³-hybridized carbons (Fsp3) is 0.467. The summed E-state index contributed by atoms with van der Waals surface area (Å²) in [6, 6.07) is 4.32. The van der Waals surface area contributed by atoms with Gasteiger partial charge < -0.3 is 4.74 Å². The van der Waals surface area contributed by atoms with Crippen LogP contribution in [0.3, 0.4) is 0 Å². The van der Waals surface area contributed by atoms with Gasteiger partial charge in [-0.05, 0) is 30.9 Å². The number of hydrogen-bond acceptors (Lipinski definition) is 1. The normalized spacial score (nSPS) is 11.3. The average molecular weight is 218 g/mol. The van der Waals surface area contributed by atoms with E-state index in [1.807, 2.05) is 13.0 Å². The summed E-state index contributed by atoms with van der Waals surface area (Å²) in [5, 5.41) is 0. The lowest BCUT2D eigenvalue weighted by atomic mass is 9.84. The van der Waals surface area contributed by atoms with E-state index in [1.54, 1.807) is 0 Å². The quantitative estimate of drug-likeness (QED) is 0.733. The van der Waals surface area contributed by atoms with Crippen molar-refractivity contribution in [3.8, 4) is 5.75 Å². The van der Waals surface area contributed by atoms with Gasteiger partial charge in [-0.25, -0.2) is 0 Å². The second-order valence-electron chi connectivity index (χ2n) is 5.12. The molecule has 0 aliphatic carbocycles. The lowest BCUT2D eigenvalue weighted by Crippen LogP contribution is -2.14. The Hall–Kier alpha value is -1.24. The molecule has 0 aromatic heterocycles. The average Bonchev–Trinajstić information content (AvgIpc) is 2.18. The number of rotatable bonds is 3. The first-order valence-electron chi connectivity index (χ1n) is 5.80. The van der Waals surface area contributed by atoms with Gasteiger partial charge >= 0.3 is 0 Å². The molecule has 0 saturated carbocycles. The Morgan fingerprint density at radius 1 is 1.31 bits per heavy atom. The zero-order valence-corrected chi connectivity index (χ0v) is 11.1. The van der Waals surface area contributed by atoms with Gasteiger partial charge in [0, 0.05) is 11.1 Å². The minimum atomic E-state index is 0.0916. The van der Waals surface area contributed by atoms with Crippen LogP contribution >= 0.6 is 0 Å². The van der Waals surface area contributed by atoms with E-state index in [1.165, 1.54) is 11.1 Å². The molecule has 0 amide bonds. The second kappa shape index (κ2) is 4.73. The van der Waals surface area contributed by atoms with Crippen LogP contribution in [-0.4, -0.2) is 6.61 Å². The molecule has 0 radical (unpaired) electrons. The van der Waals surface area contributed by atoms with Crippen molar-refractivity contribution in [2.75, 3.05) is 6.61 Å². The molecule has 0 unspecified atom stereocenters. The monoisotopic (exact) mass is 218 g/mol. The number of benzene rings is 1. The molecular weight excluding hydrogens is 196 g/mol. The van der Waals surface area contributed by atoms with Gasteiger partial charge in [0.2, 0.25) is 0 Å². The Labute approximate surface area is 99.1 Å². The number of ether oxygens (including phenoxy) is 1. The maximum Gasteiger partial charge on any atom is 0.130 e. The van der Waals surface area contributed by atoms with Crippen LogP contribution in [0.15, 0.2) is 18.7 Å². The van der Waals surface area contributed by atoms with Crippen LogP contribution in [0.4, 0.5) is 0 Å². The van der Waals surface area contributed by atoms with Gasteiger partial charge in [0.05, 0.1) is 6.61 Å². The third-order valence-corrected chi connectivity index (χ3v) is 2.58. The molecule has 0 aliphatic rings. The van der Waals surface area contributed by atoms with Crippen molar-refractivity contribution in [1.29, 1.82) is 0 Å². The summed E-state index contributed by atoms with van der Waals surface area (Å²) >= 11 is 0. The Balaban J connectivity index is 3.44. The van der Waals surface area contributed by atoms with E-state index < -0.39 is 0 Å². The highest BCUT2D eigenvalue weighted by Crippen LogP contribution is 2.35. The van der Waals surface area contributed by atoms with Crippen molar-refractivity contribution >= 4 is 6.08 Å². The molecule has 0 atom stereocenters. The molecule has 16 heavy (non-hydrogen) atoms. The first kappa shape index (κ1) is 12.8. The van der Waals surface area contributed by atoms with Gasteiger partial charge in [0.15, 0.2) is 0 Å². The van der Waals surface area contributed by atoms with Crippen molar-refractivity contribution in [2.45, 2.75) is 40.0 Å². The highest BCUT2D eigenvalue weighted by atomic mass is 16.5. The van der Waals surface area contributed by atoms with Gasteiger partial charge in [-0.15, -0.1) is 0 Å². The van der Waals surface area contributed by atoms with Crippen molar-refractivity contribution in [2.24, 2.45) is 0 Å². The maximum atomic E-state index is 5.77. The van der Waals surface area contributed by atoms with Crippen molar-refractivity contribution in [3.63, 3.8) is 0 Å². The largest absolute Gasteiger partial charge is 0.493 e. The molecule has 1 aromatic rings. The molecule has 0 aliphatic heterocycles. The minimum absolute atomic E-state index is 0.0916. The molecule has 1 aromatic carbocycles. The topological polar surface area (TPSA) is 9.23 Å². The molecule has 88 valence electrons. The van der Waals surface area contributed by atoms with Crippen LogP contribution in [0.2, 0.25) is 0 Å². The lowest BCUT2D eigenvalue weighted by molar-refractivity contribution is 0.329. The summed E-state index contributed by atoms with van der Waals surface area (Å²) in [6.45, 7) is 15.3. The Morgan fingerprint density at radius 2 is 1.94 bits per heavy atom. The van der Waals surface area contributed by atoms with E-state index in [4.69, 9.17) is 4.74 Å². The SMILES string of the molecule is C=Cc1cc(C)cc(C(C)(C)C)c1OCC. The Morgan fingerprint density at radius 3 is 2.38 bits per heavy atom. The van der Waals surface area contributed by atoms with E-state index in [2.05, 4.69) is 46.4 Å². The highest BCUT2D eigenvalue weighted by Gasteiger charge is 2.21. The summed E-state index contributed by atoms with van der Waals surface area (Å²) < 4.78 is 5.77. The summed E-state index contributed by atoms with van der Waals surface area (Å²) in [5.41, 5.74) is 3.69. The van der Waals surface area contributed by atoms with Gasteiger partial charge in [-0.3, -0.25) is 0 Å². The molecule has 1 heteroatoms. The van der Waals surface area contributed by atoms with E-state index in [9.17, 15) is 0 Å². The highest BCUT2D eigenvalue weighted by molar-refractivity contribution is 5.61. The van der Waals surface area contributed by atoms with Gasteiger partial charge in [0.1, 0.15) is 5.75 Å². The van der Waals surface area contributed by atoms with Crippen LogP contribution in [0, 0.1) is 6.92 Å². The van der Waals surface area contributed by atoms with Crippen LogP contribution in [0.25, 0.3) is 6.08 Å². The third kappa shape index (κ3) is 2.66. The van der Waals surface area contributed by atoms with Crippen molar-refractivity contribution < 1.29 is 4.74 Å². The van der Waals surface area contributed by atoms with Crippen LogP contribution < -0.4 is 4.74 Å². The summed E-state index contributed by atoms with van der Waals surface area (Å²) in [7, 11) is 0. The molecule has 0 N–H and O–H groups in total. The lowest BCUT2D eigenvalue weighted by Gasteiger charge is -2.24. The molecule has 1 nitrogen and oxygen atoms in total. The maximum absolute atomic E-state index is 5.77. The van der Waals surface area contributed by atoms with E-state index in [0.29, 0.717) is 6.61 Å². The van der Waals surface area contributed by atoms with E-state index >= 15 is 0 Å². The first-order chi connectivity index (χ1) is 7.40. The zero-order valence-electron chi connectivity index (χ0n) is 11.1. The predicted molar refractivity (Wildman–Crippen MR) is 71.1 cm³/mol. The smallest absolute Gasteiger partial charge is 0.130 e. The molecular formula is C15H22O. The van der Waals surface area contributed by atoms with Gasteiger partial charge in [-0.2, -0.15) is 0 Å². The second-order valence-corrected chi connectivity index (χ2v) is 5.12. The van der Waals surface area contributed by atoms with E-state index in [0.717, 1.165) is 11.3 Å². The molecule has 0 heterocycles. The van der Waals surface area contributed by atoms with Crippen LogP contribution in [0.1, 0.15) is 44.4 Å². The standard InChI is InChI=1S/C15H22O/c1-7-12-9-11(3)10-13(15(4,5)6)14(12)16-8-2/h7,9-10H,1,8H2,2-6H3. The van der Waals surface area contributed by atoms with Gasteiger partial charge in [-0.1, -0.05) is 39.5 Å². The first-order valence-corrected chi connectivity index (χ1v) is 5.80. The Kier molecular flexibility index (Phi) is 3.79. The predicted octanol–water partition coefficient (Wildman–Crippen LogP) is 4.33. The molecule has 0 spiro atoms. The third-order valence-electron chi connectivity index (χ3n) is 2.58. The Bertz CT molecular complexity index is 383. The summed E-state index contributed by atoms with van der Waals surface area (Å²) in [4.78, 5) is 0. The fourth-order valence-electron chi connectivity index (χ4n) is 1.82. The number of aryl methyl sites for hydroxylation is 1. The summed E-state index contributed by atoms with van der Waals surface area (Å²) in [6.07, 6.45) is 1.87. The fourth-order valence-corrected chi connectivity index (χ4v) is 1.82. The molecule has 0 saturated heterocycles. The van der Waals surface area contributed by atoms with E-state index in [-0.39, 0.29) is 5.41 Å². The van der Waals surface area contributed by atoms with Crippen molar-refractivity contribution in [3.05, 3.63) is 35.4 Å². The molecule has 0 fully saturated rings. The molecule has 0 bridgehead atoms. The van der Waals surface area contributed by atoms with Crippen molar-refractivity contribution in [1.82, 2.24) is 0 Å². The molecule has 1 rings (SSSR count). The van der Waals surface area contributed by atoms with Crippen LogP contribution in [-0.2, 0) is 5.41 Å². The minimum Gasteiger partial charge on any atom is -0.493 e. The van der Waals surface area contributed by atoms with Gasteiger partial charge in [0.25, 0.3) is 0 Å².